The molecule has 0 bridgehead atoms. The van der Waals surface area contributed by atoms with Gasteiger partial charge in [0.2, 0.25) is 11.8 Å². The molecule has 1 N–H and O–H groups in total. The van der Waals surface area contributed by atoms with Gasteiger partial charge in [-0.05, 0) is 48.2 Å². The zero-order valence-electron chi connectivity index (χ0n) is 22.7. The summed E-state index contributed by atoms with van der Waals surface area (Å²) in [5.74, 6) is 0.403. The van der Waals surface area contributed by atoms with E-state index >= 15 is 0 Å². The van der Waals surface area contributed by atoms with Crippen LogP contribution in [-0.2, 0) is 27.4 Å². The minimum atomic E-state index is -0.949. The van der Waals surface area contributed by atoms with E-state index in [1.807, 2.05) is 54.6 Å². The van der Waals surface area contributed by atoms with E-state index in [1.165, 1.54) is 7.11 Å². The molecule has 4 aromatic rings. The van der Waals surface area contributed by atoms with Crippen LogP contribution in [0.25, 0.3) is 11.0 Å². The Bertz CT molecular complexity index is 1450. The van der Waals surface area contributed by atoms with Gasteiger partial charge in [0.15, 0.2) is 11.5 Å². The van der Waals surface area contributed by atoms with E-state index in [9.17, 15) is 9.59 Å². The highest BCUT2D eigenvalue weighted by atomic mass is 16.5. The van der Waals surface area contributed by atoms with Crippen molar-refractivity contribution < 1.29 is 23.8 Å². The Hall–Kier alpha value is -4.44. The average Bonchev–Trinajstić information content (AvgIpc) is 3.66. The second-order valence-corrected chi connectivity index (χ2v) is 9.64. The fourth-order valence-corrected chi connectivity index (χ4v) is 4.99. The van der Waals surface area contributed by atoms with Crippen molar-refractivity contribution in [2.24, 2.45) is 0 Å². The lowest BCUT2D eigenvalue weighted by Crippen LogP contribution is -2.47. The number of carbonyl (C=O) groups excluding carboxylic acids is 2. The molecule has 1 aromatic heterocycles. The van der Waals surface area contributed by atoms with Crippen LogP contribution in [0.4, 0.5) is 0 Å². The van der Waals surface area contributed by atoms with Gasteiger partial charge in [-0.3, -0.25) is 9.59 Å². The topological polar surface area (TPSA) is 108 Å². The Kier molecular flexibility index (Phi) is 8.56. The molecular weight excluding hydrogens is 510 g/mol. The maximum Gasteiger partial charge on any atom is 0.247 e. The maximum absolute atomic E-state index is 14.1. The molecule has 0 spiro atoms. The largest absolute Gasteiger partial charge is 0.493 e. The third kappa shape index (κ3) is 6.07. The highest BCUT2D eigenvalue weighted by molar-refractivity contribution is 5.89. The SMILES string of the molecule is COc1ccc([C@@H](C(=O)NCc2ccccc2)N(C[C@H]2CCCO2)C(=O)Cn2nnc3ccccc32)cc1OC. The van der Waals surface area contributed by atoms with Gasteiger partial charge in [-0.25, -0.2) is 4.68 Å². The zero-order chi connectivity index (χ0) is 27.9. The van der Waals surface area contributed by atoms with Crippen LogP contribution in [0, 0.1) is 0 Å². The van der Waals surface area contributed by atoms with Gasteiger partial charge in [-0.15, -0.1) is 5.10 Å². The summed E-state index contributed by atoms with van der Waals surface area (Å²) < 4.78 is 18.4. The highest BCUT2D eigenvalue weighted by Crippen LogP contribution is 2.33. The standard InChI is InChI=1S/C30H33N5O5/c1-38-26-15-14-22(17-27(26)39-2)29(30(37)31-18-21-9-4-3-5-10-21)34(19-23-11-8-16-40-23)28(36)20-35-25-13-7-6-12-24(25)32-33-35/h3-7,9-10,12-15,17,23,29H,8,11,16,18-20H2,1-2H3,(H,31,37)/t23-,29+/m1/s1. The predicted octanol–water partition coefficient (Wildman–Crippen LogP) is 3.51. The first-order chi connectivity index (χ1) is 19.6. The summed E-state index contributed by atoms with van der Waals surface area (Å²) in [5, 5.41) is 11.4. The summed E-state index contributed by atoms with van der Waals surface area (Å²) in [6.07, 6.45) is 1.53. The number of rotatable bonds is 11. The summed E-state index contributed by atoms with van der Waals surface area (Å²) in [4.78, 5) is 29.6. The number of aromatic nitrogens is 3. The van der Waals surface area contributed by atoms with Crippen molar-refractivity contribution >= 4 is 22.8 Å². The second kappa shape index (κ2) is 12.6. The molecule has 0 saturated carbocycles. The number of nitrogens with zero attached hydrogens (tertiary/aromatic N) is 4. The molecule has 40 heavy (non-hydrogen) atoms. The van der Waals surface area contributed by atoms with Crippen molar-refractivity contribution in [3.8, 4) is 11.5 Å². The monoisotopic (exact) mass is 543 g/mol. The Morgan fingerprint density at radius 1 is 1.05 bits per heavy atom. The third-order valence-electron chi connectivity index (χ3n) is 7.04. The van der Waals surface area contributed by atoms with Crippen LogP contribution in [0.5, 0.6) is 11.5 Å². The number of carbonyl (C=O) groups is 2. The van der Waals surface area contributed by atoms with Gasteiger partial charge in [0, 0.05) is 19.7 Å². The highest BCUT2D eigenvalue weighted by Gasteiger charge is 2.35. The fourth-order valence-electron chi connectivity index (χ4n) is 4.99. The third-order valence-corrected chi connectivity index (χ3v) is 7.04. The molecule has 2 amide bonds. The van der Waals surface area contributed by atoms with Crippen LogP contribution in [0.3, 0.4) is 0 Å². The van der Waals surface area contributed by atoms with E-state index in [0.717, 1.165) is 23.9 Å². The van der Waals surface area contributed by atoms with E-state index in [-0.39, 0.29) is 31.0 Å². The zero-order valence-corrected chi connectivity index (χ0v) is 22.7. The van der Waals surface area contributed by atoms with Gasteiger partial charge in [0.25, 0.3) is 0 Å². The number of para-hydroxylation sites is 1. The van der Waals surface area contributed by atoms with Crippen LogP contribution in [-0.4, -0.2) is 65.2 Å². The Morgan fingerprint density at radius 2 is 1.82 bits per heavy atom. The fraction of sp³-hybridized carbons (Fsp3) is 0.333. The number of benzene rings is 3. The van der Waals surface area contributed by atoms with Crippen molar-refractivity contribution in [1.29, 1.82) is 0 Å². The molecule has 3 aromatic carbocycles. The minimum Gasteiger partial charge on any atom is -0.493 e. The molecule has 0 radical (unpaired) electrons. The molecule has 0 unspecified atom stereocenters. The van der Waals surface area contributed by atoms with E-state index < -0.39 is 6.04 Å². The second-order valence-electron chi connectivity index (χ2n) is 9.64. The van der Waals surface area contributed by atoms with Crippen molar-refractivity contribution in [3.05, 3.63) is 83.9 Å². The van der Waals surface area contributed by atoms with Gasteiger partial charge in [-0.1, -0.05) is 53.7 Å². The lowest BCUT2D eigenvalue weighted by atomic mass is 10.0. The van der Waals surface area contributed by atoms with E-state index in [1.54, 1.807) is 34.9 Å². The molecule has 10 nitrogen and oxygen atoms in total. The summed E-state index contributed by atoms with van der Waals surface area (Å²) >= 11 is 0. The Labute approximate surface area is 232 Å². The number of nitrogens with one attached hydrogen (secondary N) is 1. The van der Waals surface area contributed by atoms with Gasteiger partial charge >= 0.3 is 0 Å². The summed E-state index contributed by atoms with van der Waals surface area (Å²) in [6.45, 7) is 1.12. The number of fused-ring (bicyclic) bond motifs is 1. The van der Waals surface area contributed by atoms with Crippen molar-refractivity contribution in [2.75, 3.05) is 27.4 Å². The number of hydrogen-bond donors (Lipinski definition) is 1. The van der Waals surface area contributed by atoms with Crippen molar-refractivity contribution in [1.82, 2.24) is 25.2 Å². The van der Waals surface area contributed by atoms with E-state index in [4.69, 9.17) is 14.2 Å². The van der Waals surface area contributed by atoms with Crippen LogP contribution in [0.2, 0.25) is 0 Å². The van der Waals surface area contributed by atoms with Gasteiger partial charge in [0.1, 0.15) is 18.1 Å². The molecule has 1 saturated heterocycles. The normalized spacial score (nSPS) is 15.5. The van der Waals surface area contributed by atoms with Crippen molar-refractivity contribution in [2.45, 2.75) is 38.1 Å². The van der Waals surface area contributed by atoms with Crippen LogP contribution < -0.4 is 14.8 Å². The molecule has 1 aliphatic heterocycles. The van der Waals surface area contributed by atoms with Crippen LogP contribution in [0.1, 0.15) is 30.0 Å². The summed E-state index contributed by atoms with van der Waals surface area (Å²) in [6, 6.07) is 21.4. The number of hydrogen-bond acceptors (Lipinski definition) is 7. The van der Waals surface area contributed by atoms with Crippen molar-refractivity contribution in [3.63, 3.8) is 0 Å². The predicted molar refractivity (Wildman–Crippen MR) is 149 cm³/mol. The molecule has 208 valence electrons. The Balaban J connectivity index is 1.51. The minimum absolute atomic E-state index is 0.0804. The molecule has 10 heteroatoms. The first-order valence-electron chi connectivity index (χ1n) is 13.3. The molecule has 2 heterocycles. The van der Waals surface area contributed by atoms with Gasteiger partial charge in [0.05, 0.1) is 25.8 Å². The van der Waals surface area contributed by atoms with Crippen LogP contribution >= 0.6 is 0 Å². The molecule has 2 atom stereocenters. The molecule has 1 aliphatic rings. The molecular formula is C30H33N5O5. The number of ether oxygens (including phenoxy) is 3. The smallest absolute Gasteiger partial charge is 0.247 e. The molecule has 0 aliphatic carbocycles. The van der Waals surface area contributed by atoms with Gasteiger partial charge < -0.3 is 24.4 Å². The van der Waals surface area contributed by atoms with E-state index in [2.05, 4.69) is 15.6 Å². The quantitative estimate of drug-likeness (QED) is 0.308. The molecule has 1 fully saturated rings. The number of amides is 2. The lowest BCUT2D eigenvalue weighted by molar-refractivity contribution is -0.143. The average molecular weight is 544 g/mol. The lowest BCUT2D eigenvalue weighted by Gasteiger charge is -2.33. The summed E-state index contributed by atoms with van der Waals surface area (Å²) in [5.41, 5.74) is 2.98. The van der Waals surface area contributed by atoms with Gasteiger partial charge in [-0.2, -0.15) is 0 Å². The van der Waals surface area contributed by atoms with Crippen LogP contribution in [0.15, 0.2) is 72.8 Å². The van der Waals surface area contributed by atoms with E-state index in [0.29, 0.717) is 35.7 Å². The number of methoxy groups -OCH3 is 2. The Morgan fingerprint density at radius 3 is 2.58 bits per heavy atom. The maximum atomic E-state index is 14.1. The first kappa shape index (κ1) is 27.1. The molecule has 5 rings (SSSR count). The summed E-state index contributed by atoms with van der Waals surface area (Å²) in [7, 11) is 3.09. The first-order valence-corrected chi connectivity index (χ1v) is 13.3.